The van der Waals surface area contributed by atoms with Crippen molar-refractivity contribution < 1.29 is 13.2 Å². The Labute approximate surface area is 109 Å². The lowest BCUT2D eigenvalue weighted by Crippen LogP contribution is -2.15. The molecule has 0 aromatic heterocycles. The van der Waals surface area contributed by atoms with E-state index in [1.807, 2.05) is 19.1 Å². The Morgan fingerprint density at radius 1 is 1.22 bits per heavy atom. The van der Waals surface area contributed by atoms with Gasteiger partial charge < -0.3 is 4.74 Å². The van der Waals surface area contributed by atoms with Gasteiger partial charge in [0.15, 0.2) is 0 Å². The number of rotatable bonds is 3. The summed E-state index contributed by atoms with van der Waals surface area (Å²) in [5.41, 5.74) is 2.42. The van der Waals surface area contributed by atoms with Crippen molar-refractivity contribution in [3.05, 3.63) is 23.3 Å². The Morgan fingerprint density at radius 3 is 2.17 bits per heavy atom. The van der Waals surface area contributed by atoms with Crippen LogP contribution < -0.4 is 9.46 Å². The van der Waals surface area contributed by atoms with E-state index in [-0.39, 0.29) is 5.41 Å². The normalized spacial score (nSPS) is 12.3. The van der Waals surface area contributed by atoms with E-state index >= 15 is 0 Å². The number of methoxy groups -OCH3 is 1. The lowest BCUT2D eigenvalue weighted by Gasteiger charge is -2.22. The monoisotopic (exact) mass is 271 g/mol. The van der Waals surface area contributed by atoms with Gasteiger partial charge in [-0.3, -0.25) is 4.72 Å². The van der Waals surface area contributed by atoms with Gasteiger partial charge in [0.25, 0.3) is 0 Å². The van der Waals surface area contributed by atoms with Crippen LogP contribution in [0.2, 0.25) is 0 Å². The molecule has 0 amide bonds. The third kappa shape index (κ3) is 3.63. The lowest BCUT2D eigenvalue weighted by molar-refractivity contribution is 0.413. The molecule has 0 atom stereocenters. The molecule has 1 aromatic carbocycles. The zero-order chi connectivity index (χ0) is 14.1. The molecule has 0 spiro atoms. The zero-order valence-corrected chi connectivity index (χ0v) is 12.6. The van der Waals surface area contributed by atoms with Crippen molar-refractivity contribution in [2.45, 2.75) is 33.1 Å². The third-order valence-corrected chi connectivity index (χ3v) is 3.23. The molecule has 1 N–H and O–H groups in total. The topological polar surface area (TPSA) is 55.4 Å². The van der Waals surface area contributed by atoms with Gasteiger partial charge in [0.05, 0.1) is 19.1 Å². The van der Waals surface area contributed by atoms with E-state index in [1.165, 1.54) is 7.11 Å². The van der Waals surface area contributed by atoms with Gasteiger partial charge in [-0.2, -0.15) is 0 Å². The van der Waals surface area contributed by atoms with E-state index in [1.54, 1.807) is 0 Å². The van der Waals surface area contributed by atoms with Crippen molar-refractivity contribution in [2.75, 3.05) is 18.1 Å². The summed E-state index contributed by atoms with van der Waals surface area (Å²) in [6.45, 7) is 8.15. The third-order valence-electron chi connectivity index (χ3n) is 2.64. The van der Waals surface area contributed by atoms with Crippen LogP contribution in [0.25, 0.3) is 0 Å². The first-order valence-corrected chi connectivity index (χ1v) is 7.60. The molecule has 0 radical (unpaired) electrons. The fourth-order valence-electron chi connectivity index (χ4n) is 1.75. The van der Waals surface area contributed by atoms with Crippen LogP contribution in [0, 0.1) is 6.92 Å². The second kappa shape index (κ2) is 4.80. The van der Waals surface area contributed by atoms with Crippen LogP contribution in [0.15, 0.2) is 12.1 Å². The average Bonchev–Trinajstić information content (AvgIpc) is 2.13. The second-order valence-corrected chi connectivity index (χ2v) is 7.25. The van der Waals surface area contributed by atoms with E-state index in [4.69, 9.17) is 4.74 Å². The minimum Gasteiger partial charge on any atom is -0.494 e. The molecule has 0 aliphatic heterocycles. The fourth-order valence-corrected chi connectivity index (χ4v) is 2.30. The Balaban J connectivity index is 3.42. The molecule has 0 aliphatic rings. The van der Waals surface area contributed by atoms with E-state index in [9.17, 15) is 8.42 Å². The van der Waals surface area contributed by atoms with Crippen molar-refractivity contribution in [3.8, 4) is 5.75 Å². The highest BCUT2D eigenvalue weighted by Gasteiger charge is 2.19. The molecule has 0 unspecified atom stereocenters. The minimum atomic E-state index is -3.32. The van der Waals surface area contributed by atoms with Crippen LogP contribution in [0.1, 0.15) is 31.9 Å². The van der Waals surface area contributed by atoms with E-state index in [2.05, 4.69) is 25.5 Å². The zero-order valence-electron chi connectivity index (χ0n) is 11.8. The summed E-state index contributed by atoms with van der Waals surface area (Å²) in [4.78, 5) is 0. The number of nitrogens with one attached hydrogen (secondary N) is 1. The second-order valence-electron chi connectivity index (χ2n) is 5.50. The summed E-state index contributed by atoms with van der Waals surface area (Å²) in [6, 6.07) is 3.85. The highest BCUT2D eigenvalue weighted by atomic mass is 32.2. The first-order chi connectivity index (χ1) is 8.04. The predicted molar refractivity (Wildman–Crippen MR) is 74.9 cm³/mol. The van der Waals surface area contributed by atoms with Gasteiger partial charge in [0.2, 0.25) is 10.0 Å². The molecule has 0 saturated carbocycles. The molecular formula is C13H21NO3S. The molecule has 4 nitrogen and oxygen atoms in total. The summed E-state index contributed by atoms with van der Waals surface area (Å²) < 4.78 is 30.5. The largest absolute Gasteiger partial charge is 0.494 e. The fraction of sp³-hybridized carbons (Fsp3) is 0.538. The number of sulfonamides is 1. The quantitative estimate of drug-likeness (QED) is 0.919. The Morgan fingerprint density at radius 2 is 1.78 bits per heavy atom. The van der Waals surface area contributed by atoms with Crippen molar-refractivity contribution in [1.29, 1.82) is 0 Å². The number of anilines is 1. The lowest BCUT2D eigenvalue weighted by atomic mass is 9.86. The van der Waals surface area contributed by atoms with Crippen LogP contribution in [0.5, 0.6) is 5.75 Å². The van der Waals surface area contributed by atoms with Gasteiger partial charge >= 0.3 is 0 Å². The highest BCUT2D eigenvalue weighted by molar-refractivity contribution is 7.92. The summed E-state index contributed by atoms with van der Waals surface area (Å²) in [5, 5.41) is 0. The molecule has 0 saturated heterocycles. The standard InChI is InChI=1S/C13H21NO3S/c1-9-7-10(13(2,3)4)8-11(12(9)17-5)14-18(6,15)16/h7-8,14H,1-6H3. The van der Waals surface area contributed by atoms with E-state index in [0.717, 1.165) is 17.4 Å². The Kier molecular flexibility index (Phi) is 3.96. The Bertz CT molecular complexity index is 542. The number of benzene rings is 1. The molecule has 0 bridgehead atoms. The van der Waals surface area contributed by atoms with Crippen molar-refractivity contribution in [1.82, 2.24) is 0 Å². The maximum atomic E-state index is 11.4. The van der Waals surface area contributed by atoms with Gasteiger partial charge in [-0.1, -0.05) is 26.8 Å². The number of hydrogen-bond acceptors (Lipinski definition) is 3. The highest BCUT2D eigenvalue weighted by Crippen LogP contribution is 2.35. The molecule has 5 heteroatoms. The molecule has 18 heavy (non-hydrogen) atoms. The minimum absolute atomic E-state index is 0.0506. The average molecular weight is 271 g/mol. The number of ether oxygens (including phenoxy) is 1. The number of aryl methyl sites for hydroxylation is 1. The van der Waals surface area contributed by atoms with Crippen molar-refractivity contribution >= 4 is 15.7 Å². The summed E-state index contributed by atoms with van der Waals surface area (Å²) >= 11 is 0. The smallest absolute Gasteiger partial charge is 0.229 e. The van der Waals surface area contributed by atoms with Crippen LogP contribution in [0.3, 0.4) is 0 Å². The SMILES string of the molecule is COc1c(C)cc(C(C)(C)C)cc1NS(C)(=O)=O. The van der Waals surface area contributed by atoms with Gasteiger partial charge in [-0.25, -0.2) is 8.42 Å². The maximum Gasteiger partial charge on any atom is 0.229 e. The summed E-state index contributed by atoms with van der Waals surface area (Å²) in [5.74, 6) is 0.563. The van der Waals surface area contributed by atoms with Crippen LogP contribution in [-0.4, -0.2) is 21.8 Å². The molecule has 1 rings (SSSR count). The van der Waals surface area contributed by atoms with Crippen molar-refractivity contribution in [2.24, 2.45) is 0 Å². The van der Waals surface area contributed by atoms with Gasteiger partial charge in [0.1, 0.15) is 5.75 Å². The Hall–Kier alpha value is -1.23. The summed E-state index contributed by atoms with van der Waals surface area (Å²) in [6.07, 6.45) is 1.13. The molecule has 0 aliphatic carbocycles. The molecule has 0 fully saturated rings. The maximum absolute atomic E-state index is 11.4. The van der Waals surface area contributed by atoms with E-state index in [0.29, 0.717) is 11.4 Å². The molecule has 102 valence electrons. The van der Waals surface area contributed by atoms with Gasteiger partial charge in [-0.05, 0) is 29.5 Å². The van der Waals surface area contributed by atoms with Crippen molar-refractivity contribution in [3.63, 3.8) is 0 Å². The molecule has 1 aromatic rings. The van der Waals surface area contributed by atoms with Crippen LogP contribution in [-0.2, 0) is 15.4 Å². The predicted octanol–water partition coefficient (Wildman–Crippen LogP) is 2.67. The van der Waals surface area contributed by atoms with E-state index < -0.39 is 10.0 Å². The first-order valence-electron chi connectivity index (χ1n) is 5.71. The van der Waals surface area contributed by atoms with Crippen LogP contribution in [0.4, 0.5) is 5.69 Å². The number of hydrogen-bond donors (Lipinski definition) is 1. The molecular weight excluding hydrogens is 250 g/mol. The summed E-state index contributed by atoms with van der Waals surface area (Å²) in [7, 11) is -1.78. The van der Waals surface area contributed by atoms with Gasteiger partial charge in [0, 0.05) is 0 Å². The van der Waals surface area contributed by atoms with Crippen LogP contribution >= 0.6 is 0 Å². The molecule has 0 heterocycles. The van der Waals surface area contributed by atoms with Gasteiger partial charge in [-0.15, -0.1) is 0 Å². The first kappa shape index (κ1) is 14.8.